The van der Waals surface area contributed by atoms with Crippen molar-refractivity contribution < 1.29 is 57.6 Å². The van der Waals surface area contributed by atoms with E-state index in [1.54, 1.807) is 48.5 Å². The lowest BCUT2D eigenvalue weighted by molar-refractivity contribution is -0.155. The molecule has 1 aromatic carbocycles. The van der Waals surface area contributed by atoms with E-state index >= 15 is 0 Å². The first-order valence-corrected chi connectivity index (χ1v) is 19.9. The summed E-state index contributed by atoms with van der Waals surface area (Å²) in [4.78, 5) is 84.5. The predicted octanol–water partition coefficient (Wildman–Crippen LogP) is 5.26. The normalized spacial score (nSPS) is 18.1. The molecule has 15 nitrogen and oxygen atoms in total. The third-order valence-electron chi connectivity index (χ3n) is 7.82. The van der Waals surface area contributed by atoms with Gasteiger partial charge in [0.05, 0.1) is 25.2 Å². The van der Waals surface area contributed by atoms with Crippen LogP contribution in [0.3, 0.4) is 0 Å². The zero-order valence-corrected chi connectivity index (χ0v) is 38.4. The highest BCUT2D eigenvalue weighted by atomic mass is 35.5. The molecule has 0 aromatic heterocycles. The van der Waals surface area contributed by atoms with Gasteiger partial charge in [-0.15, -0.1) is 48.0 Å². The number of esters is 3. The van der Waals surface area contributed by atoms with Gasteiger partial charge in [-0.3, -0.25) is 33.7 Å². The van der Waals surface area contributed by atoms with Crippen molar-refractivity contribution in [2.24, 2.45) is 17.8 Å². The number of ether oxygens (including phenoxy) is 4. The molecule has 3 radical (unpaired) electrons. The molecule has 3 aliphatic rings. The number of aliphatic hydroxyl groups excluding tert-OH is 1. The van der Waals surface area contributed by atoms with Crippen LogP contribution in [0.15, 0.2) is 30.3 Å². The van der Waals surface area contributed by atoms with Crippen LogP contribution in [0, 0.1) is 17.8 Å². The average Bonchev–Trinajstić information content (AvgIpc) is 3.14. The Labute approximate surface area is 381 Å². The summed E-state index contributed by atoms with van der Waals surface area (Å²) in [5, 5.41) is 10.7. The molecule has 0 spiro atoms. The van der Waals surface area contributed by atoms with E-state index in [9.17, 15) is 33.6 Å². The molecule has 3 heterocycles. The molecule has 1 amide bonds. The summed E-state index contributed by atoms with van der Waals surface area (Å²) in [7, 11) is 0. The molecular formula is C40H67BCl4N3O12. The van der Waals surface area contributed by atoms with Crippen molar-refractivity contribution in [1.29, 1.82) is 0 Å². The van der Waals surface area contributed by atoms with Gasteiger partial charge in [0.25, 0.3) is 0 Å². The average molecular weight is 935 g/mol. The Morgan fingerprint density at radius 3 is 1.60 bits per heavy atom. The van der Waals surface area contributed by atoms with E-state index in [0.29, 0.717) is 52.2 Å². The maximum Gasteiger partial charge on any atom is 0.410 e. The zero-order valence-electron chi connectivity index (χ0n) is 35.2. The third kappa shape index (κ3) is 27.8. The van der Waals surface area contributed by atoms with Gasteiger partial charge >= 0.3 is 24.0 Å². The molecule has 0 bridgehead atoms. The highest BCUT2D eigenvalue weighted by Crippen LogP contribution is 2.19. The maximum absolute atomic E-state index is 11.9. The molecule has 345 valence electrons. The van der Waals surface area contributed by atoms with Crippen molar-refractivity contribution in [2.75, 3.05) is 71.0 Å². The number of carbonyl (C=O) groups excluding carboxylic acids is 7. The topological polar surface area (TPSA) is 195 Å². The SMILES string of the molecule is C.CCO.CCOC(=O)C1CN(C(=O)OC(C)(C)C)CCC1=O.CCOC(=O)C1CN(Cc2ccccc2)CCC1=O.CCOC(=O)C1CNCCC1=O.Cl.Cl.ClCCl.[B]. The summed E-state index contributed by atoms with van der Waals surface area (Å²) < 4.78 is 19.8. The number of carbonyl (C=O) groups is 7. The number of likely N-dealkylation sites (tertiary alicyclic amines) is 2. The second kappa shape index (κ2) is 37.8. The summed E-state index contributed by atoms with van der Waals surface area (Å²) in [6.07, 6.45) is 0.511. The Bertz CT molecular complexity index is 1370. The number of nitrogens with one attached hydrogen (secondary N) is 1. The number of aliphatic hydroxyl groups is 1. The van der Waals surface area contributed by atoms with Crippen LogP contribution in [0.4, 0.5) is 4.79 Å². The van der Waals surface area contributed by atoms with Crippen LogP contribution in [0.5, 0.6) is 0 Å². The van der Waals surface area contributed by atoms with E-state index in [1.807, 2.05) is 18.2 Å². The number of alkyl halides is 2. The van der Waals surface area contributed by atoms with Gasteiger partial charge in [-0.05, 0) is 54.0 Å². The smallest absolute Gasteiger partial charge is 0.410 e. The number of nitrogens with zero attached hydrogens (tertiary/aromatic N) is 2. The van der Waals surface area contributed by atoms with Gasteiger partial charge in [-0.25, -0.2) is 4.79 Å². The van der Waals surface area contributed by atoms with Crippen molar-refractivity contribution in [1.82, 2.24) is 15.1 Å². The second-order valence-corrected chi connectivity index (χ2v) is 14.1. The summed E-state index contributed by atoms with van der Waals surface area (Å²) >= 11 is 9.53. The molecule has 3 saturated heterocycles. The number of hydrogen-bond donors (Lipinski definition) is 2. The lowest BCUT2D eigenvalue weighted by Crippen LogP contribution is -2.48. The largest absolute Gasteiger partial charge is 0.465 e. The van der Waals surface area contributed by atoms with Gasteiger partial charge in [-0.1, -0.05) is 37.8 Å². The van der Waals surface area contributed by atoms with Crippen molar-refractivity contribution in [3.8, 4) is 0 Å². The second-order valence-electron chi connectivity index (χ2n) is 13.3. The molecule has 20 heteroatoms. The van der Waals surface area contributed by atoms with E-state index in [4.69, 9.17) is 47.3 Å². The number of ketones is 3. The number of rotatable bonds is 8. The summed E-state index contributed by atoms with van der Waals surface area (Å²) in [6, 6.07) is 10.1. The fourth-order valence-electron chi connectivity index (χ4n) is 5.31. The molecular weight excluding hydrogens is 867 g/mol. The van der Waals surface area contributed by atoms with Gasteiger partial charge in [0, 0.05) is 80.1 Å². The first-order chi connectivity index (χ1) is 26.5. The molecule has 3 fully saturated rings. The monoisotopic (exact) mass is 932 g/mol. The van der Waals surface area contributed by atoms with Gasteiger partial charge in [0.15, 0.2) is 5.78 Å². The van der Waals surface area contributed by atoms with Gasteiger partial charge in [0.2, 0.25) is 0 Å². The third-order valence-corrected chi connectivity index (χ3v) is 7.82. The molecule has 3 unspecified atom stereocenters. The van der Waals surface area contributed by atoms with E-state index in [0.717, 1.165) is 6.54 Å². The minimum Gasteiger partial charge on any atom is -0.465 e. The Morgan fingerprint density at radius 2 is 1.17 bits per heavy atom. The van der Waals surface area contributed by atoms with Gasteiger partial charge in [-0.2, -0.15) is 0 Å². The molecule has 3 aliphatic heterocycles. The van der Waals surface area contributed by atoms with E-state index in [2.05, 4.69) is 22.3 Å². The number of hydrogen-bond acceptors (Lipinski definition) is 14. The number of amides is 1. The van der Waals surface area contributed by atoms with Crippen molar-refractivity contribution in [2.45, 2.75) is 87.3 Å². The summed E-state index contributed by atoms with van der Waals surface area (Å²) in [5.74, 6) is -3.61. The summed E-state index contributed by atoms with van der Waals surface area (Å²) in [6.45, 7) is 16.6. The van der Waals surface area contributed by atoms with Crippen molar-refractivity contribution >= 4 is 97.8 Å². The van der Waals surface area contributed by atoms with Crippen LogP contribution in [-0.4, -0.2) is 141 Å². The number of benzene rings is 1. The highest BCUT2D eigenvalue weighted by Gasteiger charge is 2.37. The Hall–Kier alpha value is -2.99. The molecule has 60 heavy (non-hydrogen) atoms. The fraction of sp³-hybridized carbons (Fsp3) is 0.675. The molecule has 2 N–H and O–H groups in total. The maximum atomic E-state index is 11.9. The highest BCUT2D eigenvalue weighted by molar-refractivity contribution is 6.40. The minimum absolute atomic E-state index is 0. The lowest BCUT2D eigenvalue weighted by atomic mass is 9.96. The zero-order chi connectivity index (χ0) is 42.7. The lowest BCUT2D eigenvalue weighted by Gasteiger charge is -2.32. The molecule has 3 atom stereocenters. The minimum atomic E-state index is -0.888. The first-order valence-electron chi connectivity index (χ1n) is 18.8. The number of piperidine rings is 3. The predicted molar refractivity (Wildman–Crippen MR) is 238 cm³/mol. The number of Topliss-reactive ketones (excluding diaryl/α,β-unsaturated/α-hetero) is 3. The molecule has 0 saturated carbocycles. The van der Waals surface area contributed by atoms with Crippen LogP contribution in [0.1, 0.15) is 80.7 Å². The first kappa shape index (κ1) is 66.1. The Balaban J connectivity index is -0.000000233. The molecule has 4 rings (SSSR count). The quantitative estimate of drug-likeness (QED) is 0.113. The van der Waals surface area contributed by atoms with Crippen molar-refractivity contribution in [3.05, 3.63) is 35.9 Å². The Morgan fingerprint density at radius 1 is 0.750 bits per heavy atom. The van der Waals surface area contributed by atoms with Crippen LogP contribution >= 0.6 is 48.0 Å². The van der Waals surface area contributed by atoms with Crippen LogP contribution in [0.2, 0.25) is 0 Å². The van der Waals surface area contributed by atoms with E-state index in [-0.39, 0.29) is 102 Å². The van der Waals surface area contributed by atoms with Crippen LogP contribution in [-0.2, 0) is 54.3 Å². The molecule has 1 aromatic rings. The van der Waals surface area contributed by atoms with Crippen LogP contribution in [0.25, 0.3) is 0 Å². The van der Waals surface area contributed by atoms with E-state index in [1.165, 1.54) is 10.5 Å². The molecule has 0 aliphatic carbocycles. The van der Waals surface area contributed by atoms with Crippen molar-refractivity contribution in [3.63, 3.8) is 0 Å². The fourth-order valence-corrected chi connectivity index (χ4v) is 5.31. The Kier molecular flexibility index (Phi) is 41.6. The van der Waals surface area contributed by atoms with E-state index < -0.39 is 41.4 Å². The standard InChI is InChI=1S/C15H19NO3.C13H21NO5.C8H13NO3.C2H6O.CH2Cl2.CH4.B.2ClH/c1-2-19-15(18)13-11-16(9-8-14(13)17)10-12-6-4-3-5-7-12;1-5-18-11(16)9-8-14(7-6-10(9)15)12(17)19-13(2,3)4;1-2-12-8(11)6-5-9-4-3-7(6)10;1-2-3;2-1-3;;;;/h3-7,13H,2,8-11H2,1H3;9H,5-8H2,1-4H3;6,9H,2-5H2,1H3;3H,2H2,1H3;1H2;1H4;;2*1H. The van der Waals surface area contributed by atoms with Gasteiger partial charge in [0.1, 0.15) is 34.9 Å². The van der Waals surface area contributed by atoms with Gasteiger partial charge < -0.3 is 34.3 Å². The summed E-state index contributed by atoms with van der Waals surface area (Å²) in [5.41, 5.74) is 0.595. The van der Waals surface area contributed by atoms with Crippen LogP contribution < -0.4 is 5.32 Å². The number of halogens is 4.